The Morgan fingerprint density at radius 2 is 1.95 bits per heavy atom. The summed E-state index contributed by atoms with van der Waals surface area (Å²) in [6.45, 7) is 0.746. The summed E-state index contributed by atoms with van der Waals surface area (Å²) in [4.78, 5) is 34.1. The van der Waals surface area contributed by atoms with Crippen LogP contribution in [0.1, 0.15) is 25.7 Å². The second kappa shape index (κ2) is 10.3. The minimum atomic E-state index is -0.929. The summed E-state index contributed by atoms with van der Waals surface area (Å²) in [5, 5.41) is 13.7. The van der Waals surface area contributed by atoms with Crippen LogP contribution in [0.4, 0.5) is 0 Å². The molecule has 7 heteroatoms. The lowest BCUT2D eigenvalue weighted by molar-refractivity contribution is -0.137. The fourth-order valence-electron chi connectivity index (χ4n) is 1.66. The molecule has 0 radical (unpaired) electrons. The molecule has 0 bridgehead atoms. The molecule has 0 aromatic heterocycles. The molecule has 7 nitrogen and oxygen atoms in total. The monoisotopic (exact) mass is 275 g/mol. The number of amides is 2. The number of rotatable bonds is 11. The van der Waals surface area contributed by atoms with Gasteiger partial charge in [0, 0.05) is 13.1 Å². The summed E-state index contributed by atoms with van der Waals surface area (Å²) in [6, 6.07) is -0.273. The van der Waals surface area contributed by atoms with Gasteiger partial charge in [-0.15, -0.1) is 0 Å². The summed E-state index contributed by atoms with van der Waals surface area (Å²) >= 11 is 0. The van der Waals surface area contributed by atoms with E-state index >= 15 is 0 Å². The van der Waals surface area contributed by atoms with Gasteiger partial charge in [0.1, 0.15) is 0 Å². The third-order valence-electron chi connectivity index (χ3n) is 2.70. The first kappa shape index (κ1) is 17.4. The normalized spacial score (nSPS) is 11.9. The van der Waals surface area contributed by atoms with Gasteiger partial charge in [-0.25, -0.2) is 0 Å². The number of hydrogen-bond acceptors (Lipinski definition) is 4. The number of carboxylic acid groups (broad SMARTS) is 1. The Morgan fingerprint density at radius 1 is 1.26 bits per heavy atom. The highest BCUT2D eigenvalue weighted by molar-refractivity contribution is 5.82. The van der Waals surface area contributed by atoms with Crippen molar-refractivity contribution in [3.05, 3.63) is 0 Å². The Labute approximate surface area is 113 Å². The molecule has 3 N–H and O–H groups in total. The molecule has 0 aliphatic carbocycles. The minimum Gasteiger partial charge on any atom is -0.481 e. The summed E-state index contributed by atoms with van der Waals surface area (Å²) < 4.78 is 0. The van der Waals surface area contributed by atoms with Gasteiger partial charge in [-0.05, 0) is 33.4 Å². The van der Waals surface area contributed by atoms with Gasteiger partial charge in [0.15, 0.2) is 0 Å². The van der Waals surface area contributed by atoms with Crippen LogP contribution in [0.3, 0.4) is 0 Å². The first-order chi connectivity index (χ1) is 8.99. The van der Waals surface area contributed by atoms with E-state index in [9.17, 15) is 14.4 Å². The van der Waals surface area contributed by atoms with Crippen LogP contribution < -0.4 is 10.6 Å². The first-order valence-electron chi connectivity index (χ1n) is 6.32. The van der Waals surface area contributed by atoms with Gasteiger partial charge in [0.2, 0.25) is 12.3 Å². The first-order valence-corrected chi connectivity index (χ1v) is 6.32. The predicted molar refractivity (Wildman–Crippen MR) is 70.7 cm³/mol. The van der Waals surface area contributed by atoms with Crippen LogP contribution in [0.2, 0.25) is 0 Å². The highest BCUT2D eigenvalue weighted by Crippen LogP contribution is 2.06. The summed E-state index contributed by atoms with van der Waals surface area (Å²) in [6.07, 6.45) is 2.88. The SMILES string of the molecule is CN(C)C(CCCCN[13CH]=O)C(=O)N[13CH2]CC(=O)O. The van der Waals surface area contributed by atoms with Crippen molar-refractivity contribution in [3.63, 3.8) is 0 Å². The number of carbonyl (C=O) groups is 3. The number of unbranched alkanes of at least 4 members (excludes halogenated alkanes) is 1. The largest absolute Gasteiger partial charge is 0.481 e. The zero-order valence-corrected chi connectivity index (χ0v) is 11.5. The van der Waals surface area contributed by atoms with Gasteiger partial charge in [0.25, 0.3) is 0 Å². The summed E-state index contributed by atoms with van der Waals surface area (Å²) in [5.74, 6) is -1.09. The number of carbonyl (C=O) groups excluding carboxylic acids is 2. The van der Waals surface area contributed by atoms with Crippen molar-refractivity contribution in [1.82, 2.24) is 15.5 Å². The van der Waals surface area contributed by atoms with E-state index in [1.807, 2.05) is 19.0 Å². The number of aliphatic carboxylic acids is 1. The van der Waals surface area contributed by atoms with Crippen molar-refractivity contribution in [2.45, 2.75) is 31.7 Å². The van der Waals surface area contributed by atoms with E-state index in [-0.39, 0.29) is 24.9 Å². The van der Waals surface area contributed by atoms with E-state index in [0.29, 0.717) is 19.4 Å². The molecule has 2 amide bonds. The molecule has 0 aromatic carbocycles. The van der Waals surface area contributed by atoms with Crippen LogP contribution >= 0.6 is 0 Å². The predicted octanol–water partition coefficient (Wildman–Crippen LogP) is -0.576. The third-order valence-corrected chi connectivity index (χ3v) is 2.70. The molecule has 0 rings (SSSR count). The van der Waals surface area contributed by atoms with Crippen LogP contribution in [-0.4, -0.2) is 61.5 Å². The molecule has 0 saturated heterocycles. The van der Waals surface area contributed by atoms with Crippen molar-refractivity contribution in [3.8, 4) is 0 Å². The standard InChI is InChI=1S/C12H23N3O4/c1-15(2)10(5-3-4-7-13-9-16)12(19)14-8-6-11(17)18/h9-10H,3-8H2,1-2H3,(H,13,16)(H,14,19)(H,17,18)/i8+1,9+1. The smallest absolute Gasteiger partial charge is 0.305 e. The van der Waals surface area contributed by atoms with Crippen molar-refractivity contribution in [2.24, 2.45) is 0 Å². The maximum absolute atomic E-state index is 11.9. The molecule has 19 heavy (non-hydrogen) atoms. The van der Waals surface area contributed by atoms with E-state index in [0.717, 1.165) is 12.8 Å². The molecule has 1 unspecified atom stereocenters. The molecule has 0 heterocycles. The molecule has 110 valence electrons. The maximum atomic E-state index is 11.9. The van der Waals surface area contributed by atoms with Crippen LogP contribution in [-0.2, 0) is 14.4 Å². The van der Waals surface area contributed by atoms with Gasteiger partial charge in [-0.2, -0.15) is 0 Å². The quantitative estimate of drug-likeness (QED) is 0.266. The zero-order valence-electron chi connectivity index (χ0n) is 11.5. The Bertz CT molecular complexity index is 295. The number of nitrogens with one attached hydrogen (secondary N) is 2. The molecule has 0 saturated carbocycles. The van der Waals surface area contributed by atoms with Crippen molar-refractivity contribution < 1.29 is 19.5 Å². The van der Waals surface area contributed by atoms with Gasteiger partial charge in [0.05, 0.1) is 12.5 Å². The number of nitrogens with zero attached hydrogens (tertiary/aromatic N) is 1. The third kappa shape index (κ3) is 9.01. The zero-order chi connectivity index (χ0) is 14.7. The molecule has 0 fully saturated rings. The molecule has 0 aromatic rings. The Balaban J connectivity index is 3.98. The minimum absolute atomic E-state index is 0.0743. The average Bonchev–Trinajstić information content (AvgIpc) is 2.32. The Hall–Kier alpha value is -1.63. The van der Waals surface area contributed by atoms with E-state index in [1.54, 1.807) is 0 Å². The van der Waals surface area contributed by atoms with Crippen molar-refractivity contribution >= 4 is 18.3 Å². The second-order valence-corrected chi connectivity index (χ2v) is 4.48. The van der Waals surface area contributed by atoms with Crippen molar-refractivity contribution in [2.75, 3.05) is 27.2 Å². The molecule has 1 atom stereocenters. The molecular formula is C12H23N3O4. The number of likely N-dealkylation sites (N-methyl/N-ethyl adjacent to an activating group) is 1. The fourth-order valence-corrected chi connectivity index (χ4v) is 1.66. The number of carboxylic acids is 1. The average molecular weight is 275 g/mol. The molecule has 0 aliphatic heterocycles. The van der Waals surface area contributed by atoms with Gasteiger partial charge >= 0.3 is 5.97 Å². The molecular weight excluding hydrogens is 252 g/mol. The Morgan fingerprint density at radius 3 is 2.47 bits per heavy atom. The Kier molecular flexibility index (Phi) is 9.42. The van der Waals surface area contributed by atoms with Crippen LogP contribution in [0.15, 0.2) is 0 Å². The lowest BCUT2D eigenvalue weighted by Gasteiger charge is -2.23. The summed E-state index contributed by atoms with van der Waals surface area (Å²) in [7, 11) is 3.62. The summed E-state index contributed by atoms with van der Waals surface area (Å²) in [5.41, 5.74) is 0. The lowest BCUT2D eigenvalue weighted by atomic mass is 10.1. The van der Waals surface area contributed by atoms with E-state index in [4.69, 9.17) is 5.11 Å². The lowest BCUT2D eigenvalue weighted by Crippen LogP contribution is -2.44. The number of hydrogen-bond donors (Lipinski definition) is 3. The van der Waals surface area contributed by atoms with Crippen LogP contribution in [0.5, 0.6) is 0 Å². The van der Waals surface area contributed by atoms with Gasteiger partial charge in [-0.1, -0.05) is 0 Å². The maximum Gasteiger partial charge on any atom is 0.305 e. The highest BCUT2D eigenvalue weighted by Gasteiger charge is 2.19. The van der Waals surface area contributed by atoms with E-state index in [1.165, 1.54) is 0 Å². The van der Waals surface area contributed by atoms with E-state index in [2.05, 4.69) is 10.6 Å². The van der Waals surface area contributed by atoms with Gasteiger partial charge in [-0.3, -0.25) is 19.3 Å². The van der Waals surface area contributed by atoms with Crippen LogP contribution in [0, 0.1) is 0 Å². The van der Waals surface area contributed by atoms with Crippen molar-refractivity contribution in [1.29, 1.82) is 0 Å². The van der Waals surface area contributed by atoms with E-state index < -0.39 is 5.97 Å². The second-order valence-electron chi connectivity index (χ2n) is 4.48. The van der Waals surface area contributed by atoms with Gasteiger partial charge < -0.3 is 15.7 Å². The molecule has 0 spiro atoms. The molecule has 0 aliphatic rings. The highest BCUT2D eigenvalue weighted by atomic mass is 16.4. The fraction of sp³-hybridized carbons (Fsp3) is 0.750. The van der Waals surface area contributed by atoms with Crippen LogP contribution in [0.25, 0.3) is 0 Å². The topological polar surface area (TPSA) is 98.7 Å².